The van der Waals surface area contributed by atoms with Crippen LogP contribution in [0, 0.1) is 0 Å². The molecule has 0 spiro atoms. The summed E-state index contributed by atoms with van der Waals surface area (Å²) in [6, 6.07) is 0. The van der Waals surface area contributed by atoms with Crippen molar-refractivity contribution in [3.8, 4) is 0 Å². The lowest BCUT2D eigenvalue weighted by Crippen LogP contribution is -2.38. The zero-order chi connectivity index (χ0) is 15.2. The minimum Gasteiger partial charge on any atom is -0.390 e. The Morgan fingerprint density at radius 1 is 0.700 bits per heavy atom. The number of unbranched alkanes of at least 4 members (excludes halogenated alkanes) is 6. The van der Waals surface area contributed by atoms with Crippen molar-refractivity contribution < 1.29 is 5.11 Å². The van der Waals surface area contributed by atoms with Gasteiger partial charge in [0.05, 0.1) is 6.10 Å². The van der Waals surface area contributed by atoms with Gasteiger partial charge >= 0.3 is 0 Å². The van der Waals surface area contributed by atoms with Crippen LogP contribution in [0.1, 0.15) is 65.2 Å². The highest BCUT2D eigenvalue weighted by Crippen LogP contribution is 2.03. The topological polar surface area (TPSA) is 26.7 Å². The van der Waals surface area contributed by atoms with Crippen molar-refractivity contribution in [1.82, 2.24) is 9.80 Å². The number of rotatable bonds is 14. The van der Waals surface area contributed by atoms with Crippen LogP contribution in [0.5, 0.6) is 0 Å². The van der Waals surface area contributed by atoms with Crippen LogP contribution < -0.4 is 0 Å². The summed E-state index contributed by atoms with van der Waals surface area (Å²) in [5.41, 5.74) is 0. The molecular formula is C17H38N2O. The molecule has 0 aliphatic rings. The van der Waals surface area contributed by atoms with E-state index in [0.717, 1.165) is 26.2 Å². The third-order valence-electron chi connectivity index (χ3n) is 3.83. The molecule has 0 heterocycles. The maximum atomic E-state index is 10.1. The standard InChI is InChI=1S/C17H38N2O/c1-5-7-9-11-13-18(3)15-17(20)16-19(4)14-12-10-8-6-2/h17,20H,5-16H2,1-4H3. The molecule has 0 amide bonds. The van der Waals surface area contributed by atoms with Gasteiger partial charge in [-0.2, -0.15) is 0 Å². The molecule has 0 radical (unpaired) electrons. The van der Waals surface area contributed by atoms with Crippen molar-refractivity contribution in [2.24, 2.45) is 0 Å². The van der Waals surface area contributed by atoms with E-state index in [0.29, 0.717) is 0 Å². The van der Waals surface area contributed by atoms with E-state index < -0.39 is 0 Å². The lowest BCUT2D eigenvalue weighted by molar-refractivity contribution is 0.0899. The van der Waals surface area contributed by atoms with Crippen LogP contribution >= 0.6 is 0 Å². The van der Waals surface area contributed by atoms with Gasteiger partial charge in [0.1, 0.15) is 0 Å². The summed E-state index contributed by atoms with van der Waals surface area (Å²) in [6.45, 7) is 8.29. The molecule has 0 aliphatic heterocycles. The Hall–Kier alpha value is -0.120. The van der Waals surface area contributed by atoms with E-state index in [1.807, 2.05) is 0 Å². The fourth-order valence-electron chi connectivity index (χ4n) is 2.58. The van der Waals surface area contributed by atoms with E-state index in [9.17, 15) is 5.11 Å². The second-order valence-corrected chi connectivity index (χ2v) is 6.30. The Labute approximate surface area is 127 Å². The summed E-state index contributed by atoms with van der Waals surface area (Å²) in [5.74, 6) is 0. The molecule has 0 aliphatic carbocycles. The van der Waals surface area contributed by atoms with Crippen molar-refractivity contribution in [1.29, 1.82) is 0 Å². The Bertz CT molecular complexity index is 179. The third-order valence-corrected chi connectivity index (χ3v) is 3.83. The molecule has 20 heavy (non-hydrogen) atoms. The molecule has 0 aromatic rings. The van der Waals surface area contributed by atoms with Crippen LogP contribution in [0.15, 0.2) is 0 Å². The van der Waals surface area contributed by atoms with Gasteiger partial charge in [-0.3, -0.25) is 0 Å². The predicted molar refractivity (Wildman–Crippen MR) is 89.3 cm³/mol. The first-order chi connectivity index (χ1) is 9.60. The molecule has 3 nitrogen and oxygen atoms in total. The summed E-state index contributed by atoms with van der Waals surface area (Å²) in [5, 5.41) is 10.1. The van der Waals surface area contributed by atoms with Crippen LogP contribution in [0.3, 0.4) is 0 Å². The lowest BCUT2D eigenvalue weighted by Gasteiger charge is -2.24. The minimum atomic E-state index is -0.220. The fourth-order valence-corrected chi connectivity index (χ4v) is 2.58. The smallest absolute Gasteiger partial charge is 0.0793 e. The van der Waals surface area contributed by atoms with Gasteiger partial charge in [0.25, 0.3) is 0 Å². The summed E-state index contributed by atoms with van der Waals surface area (Å²) in [6.07, 6.45) is 10.1. The van der Waals surface area contributed by atoms with Gasteiger partial charge in [-0.05, 0) is 40.0 Å². The van der Waals surface area contributed by atoms with Gasteiger partial charge in [0, 0.05) is 13.1 Å². The van der Waals surface area contributed by atoms with Crippen LogP contribution in [0.4, 0.5) is 0 Å². The van der Waals surface area contributed by atoms with Crippen molar-refractivity contribution in [2.75, 3.05) is 40.3 Å². The van der Waals surface area contributed by atoms with E-state index in [2.05, 4.69) is 37.7 Å². The first kappa shape index (κ1) is 19.9. The average molecular weight is 287 g/mol. The molecule has 0 aromatic carbocycles. The van der Waals surface area contributed by atoms with Crippen LogP contribution in [0.25, 0.3) is 0 Å². The van der Waals surface area contributed by atoms with Gasteiger partial charge in [-0.1, -0.05) is 52.4 Å². The summed E-state index contributed by atoms with van der Waals surface area (Å²) < 4.78 is 0. The molecule has 3 heteroatoms. The van der Waals surface area contributed by atoms with E-state index in [-0.39, 0.29) is 6.10 Å². The zero-order valence-electron chi connectivity index (χ0n) is 14.4. The zero-order valence-corrected chi connectivity index (χ0v) is 14.4. The van der Waals surface area contributed by atoms with Crippen molar-refractivity contribution in [3.63, 3.8) is 0 Å². The average Bonchev–Trinajstić information content (AvgIpc) is 2.39. The molecule has 0 aromatic heterocycles. The highest BCUT2D eigenvalue weighted by Gasteiger charge is 2.10. The Kier molecular flexibility index (Phi) is 13.8. The third kappa shape index (κ3) is 12.9. The molecule has 0 unspecified atom stereocenters. The van der Waals surface area contributed by atoms with E-state index in [4.69, 9.17) is 0 Å². The highest BCUT2D eigenvalue weighted by atomic mass is 16.3. The van der Waals surface area contributed by atoms with E-state index >= 15 is 0 Å². The maximum Gasteiger partial charge on any atom is 0.0793 e. The maximum absolute atomic E-state index is 10.1. The number of likely N-dealkylation sites (N-methyl/N-ethyl adjacent to an activating group) is 2. The molecule has 0 bridgehead atoms. The van der Waals surface area contributed by atoms with E-state index in [1.54, 1.807) is 0 Å². The quantitative estimate of drug-likeness (QED) is 0.496. The normalized spacial score (nSPS) is 12.0. The Balaban J connectivity index is 3.56. The summed E-state index contributed by atoms with van der Waals surface area (Å²) in [7, 11) is 4.24. The van der Waals surface area contributed by atoms with Gasteiger partial charge in [0.2, 0.25) is 0 Å². The van der Waals surface area contributed by atoms with Gasteiger partial charge < -0.3 is 14.9 Å². The van der Waals surface area contributed by atoms with Crippen LogP contribution in [-0.4, -0.2) is 61.3 Å². The van der Waals surface area contributed by atoms with Crippen molar-refractivity contribution in [2.45, 2.75) is 71.3 Å². The second kappa shape index (κ2) is 13.8. The molecular weight excluding hydrogens is 248 g/mol. The van der Waals surface area contributed by atoms with Crippen LogP contribution in [0.2, 0.25) is 0 Å². The SMILES string of the molecule is CCCCCCN(C)CC(O)CN(C)CCCCCC. The number of hydrogen-bond donors (Lipinski definition) is 1. The Morgan fingerprint density at radius 2 is 1.10 bits per heavy atom. The predicted octanol–water partition coefficient (Wildman–Crippen LogP) is 3.37. The second-order valence-electron chi connectivity index (χ2n) is 6.30. The number of aliphatic hydroxyl groups excluding tert-OH is 1. The largest absolute Gasteiger partial charge is 0.390 e. The minimum absolute atomic E-state index is 0.220. The lowest BCUT2D eigenvalue weighted by atomic mass is 10.2. The number of aliphatic hydroxyl groups is 1. The first-order valence-corrected chi connectivity index (χ1v) is 8.65. The van der Waals surface area contributed by atoms with Crippen molar-refractivity contribution >= 4 is 0 Å². The van der Waals surface area contributed by atoms with E-state index in [1.165, 1.54) is 51.4 Å². The molecule has 0 atom stereocenters. The fraction of sp³-hybridized carbons (Fsp3) is 1.00. The first-order valence-electron chi connectivity index (χ1n) is 8.65. The summed E-state index contributed by atoms with van der Waals surface area (Å²) >= 11 is 0. The summed E-state index contributed by atoms with van der Waals surface area (Å²) in [4.78, 5) is 4.54. The molecule has 0 rings (SSSR count). The molecule has 122 valence electrons. The van der Waals surface area contributed by atoms with Gasteiger partial charge in [0.15, 0.2) is 0 Å². The van der Waals surface area contributed by atoms with Gasteiger partial charge in [-0.25, -0.2) is 0 Å². The molecule has 0 saturated heterocycles. The van der Waals surface area contributed by atoms with Gasteiger partial charge in [-0.15, -0.1) is 0 Å². The molecule has 0 fully saturated rings. The van der Waals surface area contributed by atoms with Crippen molar-refractivity contribution in [3.05, 3.63) is 0 Å². The highest BCUT2D eigenvalue weighted by molar-refractivity contribution is 4.66. The number of hydrogen-bond acceptors (Lipinski definition) is 3. The molecule has 0 saturated carbocycles. The monoisotopic (exact) mass is 286 g/mol. The Morgan fingerprint density at radius 3 is 1.45 bits per heavy atom. The van der Waals surface area contributed by atoms with Crippen LogP contribution in [-0.2, 0) is 0 Å². The molecule has 1 N–H and O–H groups in total. The number of nitrogens with zero attached hydrogens (tertiary/aromatic N) is 2.